The van der Waals surface area contributed by atoms with Crippen LogP contribution < -0.4 is 10.5 Å². The molecule has 0 radical (unpaired) electrons. The molecule has 0 amide bonds. The van der Waals surface area contributed by atoms with Crippen LogP contribution in [-0.2, 0) is 17.7 Å². The van der Waals surface area contributed by atoms with Crippen LogP contribution in [0.2, 0.25) is 0 Å². The van der Waals surface area contributed by atoms with Gasteiger partial charge in [-0.05, 0) is 36.5 Å². The zero-order chi connectivity index (χ0) is 12.8. The van der Waals surface area contributed by atoms with Gasteiger partial charge in [0.05, 0.1) is 6.10 Å². The molecule has 0 spiro atoms. The van der Waals surface area contributed by atoms with Crippen molar-refractivity contribution in [1.29, 1.82) is 0 Å². The molecule has 1 fully saturated rings. The molecule has 2 rings (SSSR count). The summed E-state index contributed by atoms with van der Waals surface area (Å²) in [4.78, 5) is 0. The van der Waals surface area contributed by atoms with Crippen LogP contribution >= 0.6 is 0 Å². The molecule has 0 saturated carbocycles. The first kappa shape index (κ1) is 13.1. The summed E-state index contributed by atoms with van der Waals surface area (Å²) < 4.78 is 11.4. The lowest BCUT2D eigenvalue weighted by Gasteiger charge is -2.15. The van der Waals surface area contributed by atoms with E-state index in [1.807, 2.05) is 18.2 Å². The van der Waals surface area contributed by atoms with E-state index in [0.29, 0.717) is 13.2 Å². The van der Waals surface area contributed by atoms with E-state index in [0.717, 1.165) is 42.7 Å². The van der Waals surface area contributed by atoms with Gasteiger partial charge in [0.15, 0.2) is 0 Å². The molecule has 1 aliphatic heterocycles. The molecule has 1 heterocycles. The summed E-state index contributed by atoms with van der Waals surface area (Å²) in [7, 11) is 0. The fourth-order valence-electron chi connectivity index (χ4n) is 2.17. The van der Waals surface area contributed by atoms with Crippen molar-refractivity contribution < 1.29 is 9.47 Å². The van der Waals surface area contributed by atoms with Gasteiger partial charge >= 0.3 is 0 Å². The number of allylic oxidation sites excluding steroid dienone is 1. The highest BCUT2D eigenvalue weighted by atomic mass is 16.5. The third kappa shape index (κ3) is 3.34. The highest BCUT2D eigenvalue weighted by Gasteiger charge is 2.16. The minimum absolute atomic E-state index is 0.246. The fraction of sp³-hybridized carbons (Fsp3) is 0.467. The minimum atomic E-state index is 0.246. The van der Waals surface area contributed by atoms with Gasteiger partial charge in [0.2, 0.25) is 0 Å². The molecule has 1 aliphatic rings. The topological polar surface area (TPSA) is 44.5 Å². The van der Waals surface area contributed by atoms with Gasteiger partial charge in [0, 0.05) is 13.2 Å². The number of rotatable bonds is 6. The molecule has 98 valence electrons. The summed E-state index contributed by atoms with van der Waals surface area (Å²) in [5.41, 5.74) is 7.92. The normalized spacial score (nSPS) is 18.8. The highest BCUT2D eigenvalue weighted by molar-refractivity contribution is 5.38. The Labute approximate surface area is 109 Å². The van der Waals surface area contributed by atoms with Crippen LogP contribution in [0, 0.1) is 0 Å². The van der Waals surface area contributed by atoms with Crippen molar-refractivity contribution >= 4 is 0 Å². The number of nitrogens with two attached hydrogens (primary N) is 1. The standard InChI is InChI=1S/C15H21NO2/c1-2-4-13-9-12(10-16)6-7-15(13)18-11-14-5-3-8-17-14/h2,6-7,9,14H,1,3-5,8,10-11,16H2. The van der Waals surface area contributed by atoms with E-state index < -0.39 is 0 Å². The second-order valence-corrected chi connectivity index (χ2v) is 4.59. The van der Waals surface area contributed by atoms with Crippen molar-refractivity contribution in [2.75, 3.05) is 13.2 Å². The SMILES string of the molecule is C=CCc1cc(CN)ccc1OCC1CCCO1. The monoisotopic (exact) mass is 247 g/mol. The first-order valence-corrected chi connectivity index (χ1v) is 6.50. The van der Waals surface area contributed by atoms with Crippen molar-refractivity contribution in [3.8, 4) is 5.75 Å². The molecular formula is C15H21NO2. The van der Waals surface area contributed by atoms with Gasteiger partial charge in [-0.1, -0.05) is 18.2 Å². The molecule has 0 aromatic heterocycles. The Bertz CT molecular complexity index is 397. The smallest absolute Gasteiger partial charge is 0.122 e. The lowest BCUT2D eigenvalue weighted by molar-refractivity contribution is 0.0676. The first-order valence-electron chi connectivity index (χ1n) is 6.50. The third-order valence-electron chi connectivity index (χ3n) is 3.17. The summed E-state index contributed by atoms with van der Waals surface area (Å²) in [5, 5.41) is 0. The Balaban J connectivity index is 2.02. The van der Waals surface area contributed by atoms with Crippen molar-refractivity contribution in [3.63, 3.8) is 0 Å². The van der Waals surface area contributed by atoms with Gasteiger partial charge in [0.25, 0.3) is 0 Å². The Hall–Kier alpha value is -1.32. The van der Waals surface area contributed by atoms with E-state index in [4.69, 9.17) is 15.2 Å². The summed E-state index contributed by atoms with van der Waals surface area (Å²) in [6, 6.07) is 6.10. The van der Waals surface area contributed by atoms with E-state index in [2.05, 4.69) is 12.6 Å². The maximum atomic E-state index is 5.86. The molecule has 1 aromatic rings. The van der Waals surface area contributed by atoms with Crippen LogP contribution in [-0.4, -0.2) is 19.3 Å². The summed E-state index contributed by atoms with van der Waals surface area (Å²) >= 11 is 0. The van der Waals surface area contributed by atoms with E-state index in [1.54, 1.807) is 0 Å². The van der Waals surface area contributed by atoms with E-state index in [1.165, 1.54) is 0 Å². The Morgan fingerprint density at radius 2 is 2.39 bits per heavy atom. The zero-order valence-corrected chi connectivity index (χ0v) is 10.7. The molecule has 3 heteroatoms. The third-order valence-corrected chi connectivity index (χ3v) is 3.17. The molecule has 1 atom stereocenters. The highest BCUT2D eigenvalue weighted by Crippen LogP contribution is 2.22. The largest absolute Gasteiger partial charge is 0.491 e. The van der Waals surface area contributed by atoms with Gasteiger partial charge in [0.1, 0.15) is 12.4 Å². The Kier molecular flexibility index (Phi) is 4.79. The number of hydrogen-bond acceptors (Lipinski definition) is 3. The van der Waals surface area contributed by atoms with E-state index >= 15 is 0 Å². The van der Waals surface area contributed by atoms with Crippen molar-refractivity contribution in [3.05, 3.63) is 42.0 Å². The Morgan fingerprint density at radius 3 is 3.06 bits per heavy atom. The average molecular weight is 247 g/mol. The number of ether oxygens (including phenoxy) is 2. The second kappa shape index (κ2) is 6.57. The van der Waals surface area contributed by atoms with Crippen molar-refractivity contribution in [2.24, 2.45) is 5.73 Å². The van der Waals surface area contributed by atoms with Crippen LogP contribution in [0.4, 0.5) is 0 Å². The van der Waals surface area contributed by atoms with Crippen molar-refractivity contribution in [2.45, 2.75) is 31.9 Å². The minimum Gasteiger partial charge on any atom is -0.491 e. The maximum absolute atomic E-state index is 5.86. The fourth-order valence-corrected chi connectivity index (χ4v) is 2.17. The molecule has 0 aliphatic carbocycles. The molecule has 1 aromatic carbocycles. The van der Waals surface area contributed by atoms with Gasteiger partial charge in [-0.15, -0.1) is 6.58 Å². The molecule has 2 N–H and O–H groups in total. The predicted octanol–water partition coefficient (Wildman–Crippen LogP) is 2.43. The quantitative estimate of drug-likeness (QED) is 0.785. The van der Waals surface area contributed by atoms with Crippen LogP contribution in [0.3, 0.4) is 0 Å². The average Bonchev–Trinajstić information content (AvgIpc) is 2.90. The van der Waals surface area contributed by atoms with E-state index in [-0.39, 0.29) is 6.10 Å². The lowest BCUT2D eigenvalue weighted by atomic mass is 10.1. The molecule has 0 bridgehead atoms. The Morgan fingerprint density at radius 1 is 1.50 bits per heavy atom. The lowest BCUT2D eigenvalue weighted by Crippen LogP contribution is -2.17. The predicted molar refractivity (Wildman–Crippen MR) is 72.7 cm³/mol. The maximum Gasteiger partial charge on any atom is 0.122 e. The molecule has 18 heavy (non-hydrogen) atoms. The van der Waals surface area contributed by atoms with Gasteiger partial charge < -0.3 is 15.2 Å². The number of hydrogen-bond donors (Lipinski definition) is 1. The number of benzene rings is 1. The van der Waals surface area contributed by atoms with Crippen molar-refractivity contribution in [1.82, 2.24) is 0 Å². The summed E-state index contributed by atoms with van der Waals surface area (Å²) in [6.07, 6.45) is 5.16. The molecule has 1 saturated heterocycles. The van der Waals surface area contributed by atoms with Gasteiger partial charge in [-0.25, -0.2) is 0 Å². The first-order chi connectivity index (χ1) is 8.83. The second-order valence-electron chi connectivity index (χ2n) is 4.59. The van der Waals surface area contributed by atoms with Crippen LogP contribution in [0.1, 0.15) is 24.0 Å². The van der Waals surface area contributed by atoms with Gasteiger partial charge in [-0.3, -0.25) is 0 Å². The summed E-state index contributed by atoms with van der Waals surface area (Å²) in [5.74, 6) is 0.919. The van der Waals surface area contributed by atoms with Crippen LogP contribution in [0.5, 0.6) is 5.75 Å². The zero-order valence-electron chi connectivity index (χ0n) is 10.7. The molecule has 3 nitrogen and oxygen atoms in total. The van der Waals surface area contributed by atoms with Crippen LogP contribution in [0.15, 0.2) is 30.9 Å². The molecular weight excluding hydrogens is 226 g/mol. The van der Waals surface area contributed by atoms with Gasteiger partial charge in [-0.2, -0.15) is 0 Å². The van der Waals surface area contributed by atoms with E-state index in [9.17, 15) is 0 Å². The van der Waals surface area contributed by atoms with Crippen LogP contribution in [0.25, 0.3) is 0 Å². The molecule has 1 unspecified atom stereocenters. The summed E-state index contributed by atoms with van der Waals surface area (Å²) in [6.45, 7) is 5.82.